The standard InChI is InChI=1S/C31H33NO8/c1-30(2,3)39-28(34)32-31(40-29(35)36-4)18-17-22-13-10-16-26(24(22)19-31)38-25-15-9-8-14-23(25)27(33)37-20-21-11-6-5-7-12-21/h5-16H,17-20H2,1-4H3,(H,32,34)/t31-/m1/s1. The van der Waals surface area contributed by atoms with Crippen molar-refractivity contribution in [1.29, 1.82) is 0 Å². The molecule has 0 fully saturated rings. The smallest absolute Gasteiger partial charge is 0.457 e. The molecule has 3 aromatic carbocycles. The largest absolute Gasteiger partial charge is 0.510 e. The molecule has 210 valence electrons. The molecule has 1 N–H and O–H groups in total. The Morgan fingerprint density at radius 2 is 1.60 bits per heavy atom. The monoisotopic (exact) mass is 547 g/mol. The maximum absolute atomic E-state index is 13.0. The summed E-state index contributed by atoms with van der Waals surface area (Å²) in [6, 6.07) is 21.7. The minimum atomic E-state index is -1.43. The first kappa shape index (κ1) is 28.5. The summed E-state index contributed by atoms with van der Waals surface area (Å²) in [5, 5.41) is 2.73. The second-order valence-corrected chi connectivity index (χ2v) is 10.4. The number of fused-ring (bicyclic) bond motifs is 1. The zero-order chi connectivity index (χ0) is 28.8. The van der Waals surface area contributed by atoms with Crippen molar-refractivity contribution in [2.75, 3.05) is 7.11 Å². The van der Waals surface area contributed by atoms with Gasteiger partial charge in [-0.2, -0.15) is 0 Å². The lowest BCUT2D eigenvalue weighted by Crippen LogP contribution is -2.56. The SMILES string of the molecule is COC(=O)O[C@]1(NC(=O)OC(C)(C)C)CCc2cccc(Oc3ccccc3C(=O)OCc3ccccc3)c2C1. The second-order valence-electron chi connectivity index (χ2n) is 10.4. The lowest BCUT2D eigenvalue weighted by molar-refractivity contribution is -0.0600. The molecule has 0 aromatic heterocycles. The molecule has 1 amide bonds. The molecule has 0 bridgehead atoms. The van der Waals surface area contributed by atoms with Gasteiger partial charge in [0.15, 0.2) is 5.72 Å². The molecule has 0 saturated heterocycles. The molecule has 9 heteroatoms. The number of alkyl carbamates (subject to hydrolysis) is 1. The fraction of sp³-hybridized carbons (Fsp3) is 0.323. The Morgan fingerprint density at radius 1 is 0.900 bits per heavy atom. The Balaban J connectivity index is 1.59. The van der Waals surface area contributed by atoms with Gasteiger partial charge in [-0.25, -0.2) is 14.4 Å². The predicted molar refractivity (Wildman–Crippen MR) is 146 cm³/mol. The Hall–Kier alpha value is -4.53. The summed E-state index contributed by atoms with van der Waals surface area (Å²) in [4.78, 5) is 37.9. The van der Waals surface area contributed by atoms with Crippen LogP contribution in [0.1, 0.15) is 54.2 Å². The van der Waals surface area contributed by atoms with Gasteiger partial charge in [-0.3, -0.25) is 5.32 Å². The summed E-state index contributed by atoms with van der Waals surface area (Å²) in [6.07, 6.45) is -0.817. The van der Waals surface area contributed by atoms with E-state index in [1.165, 1.54) is 7.11 Å². The second kappa shape index (κ2) is 12.1. The molecule has 0 aliphatic heterocycles. The third kappa shape index (κ3) is 7.31. The first-order chi connectivity index (χ1) is 19.1. The van der Waals surface area contributed by atoms with E-state index in [0.29, 0.717) is 29.9 Å². The van der Waals surface area contributed by atoms with Crippen molar-refractivity contribution < 1.29 is 38.1 Å². The van der Waals surface area contributed by atoms with E-state index in [1.54, 1.807) is 51.1 Å². The lowest BCUT2D eigenvalue weighted by Gasteiger charge is -2.38. The molecule has 1 aliphatic carbocycles. The number of rotatable bonds is 7. The van der Waals surface area contributed by atoms with E-state index in [4.69, 9.17) is 23.7 Å². The van der Waals surface area contributed by atoms with Gasteiger partial charge < -0.3 is 23.7 Å². The first-order valence-corrected chi connectivity index (χ1v) is 12.9. The van der Waals surface area contributed by atoms with Crippen molar-refractivity contribution in [1.82, 2.24) is 5.32 Å². The molecule has 0 unspecified atom stereocenters. The van der Waals surface area contributed by atoms with Crippen LogP contribution < -0.4 is 10.1 Å². The van der Waals surface area contributed by atoms with Crippen molar-refractivity contribution in [3.8, 4) is 11.5 Å². The highest BCUT2D eigenvalue weighted by molar-refractivity contribution is 5.92. The Morgan fingerprint density at radius 3 is 2.33 bits per heavy atom. The van der Waals surface area contributed by atoms with E-state index in [9.17, 15) is 14.4 Å². The van der Waals surface area contributed by atoms with Crippen molar-refractivity contribution in [2.45, 2.75) is 58.0 Å². The summed E-state index contributed by atoms with van der Waals surface area (Å²) in [7, 11) is 1.20. The highest BCUT2D eigenvalue weighted by Crippen LogP contribution is 2.38. The van der Waals surface area contributed by atoms with E-state index in [-0.39, 0.29) is 18.6 Å². The Kier molecular flexibility index (Phi) is 8.62. The summed E-state index contributed by atoms with van der Waals surface area (Å²) < 4.78 is 27.6. The van der Waals surface area contributed by atoms with Crippen LogP contribution in [-0.4, -0.2) is 36.7 Å². The van der Waals surface area contributed by atoms with Gasteiger partial charge in [-0.1, -0.05) is 54.6 Å². The van der Waals surface area contributed by atoms with Gasteiger partial charge in [0, 0.05) is 18.4 Å². The number of nitrogens with one attached hydrogen (secondary N) is 1. The van der Waals surface area contributed by atoms with Gasteiger partial charge in [0.05, 0.1) is 7.11 Å². The number of carbonyl (C=O) groups is 3. The number of aryl methyl sites for hydroxylation is 1. The summed E-state index contributed by atoms with van der Waals surface area (Å²) in [5.74, 6) is 0.225. The molecule has 9 nitrogen and oxygen atoms in total. The highest BCUT2D eigenvalue weighted by atomic mass is 16.7. The molecule has 1 aliphatic rings. The molecule has 0 spiro atoms. The van der Waals surface area contributed by atoms with Crippen molar-refractivity contribution in [3.63, 3.8) is 0 Å². The summed E-state index contributed by atoms with van der Waals surface area (Å²) in [6.45, 7) is 5.35. The minimum absolute atomic E-state index is 0.0907. The number of ether oxygens (including phenoxy) is 5. The fourth-order valence-corrected chi connectivity index (χ4v) is 4.41. The molecule has 1 atom stereocenters. The Labute approximate surface area is 233 Å². The zero-order valence-corrected chi connectivity index (χ0v) is 23.0. The topological polar surface area (TPSA) is 109 Å². The number of carbonyl (C=O) groups excluding carboxylic acids is 3. The normalized spacial score (nSPS) is 16.2. The Bertz CT molecular complexity index is 1370. The number of hydrogen-bond donors (Lipinski definition) is 1. The third-order valence-electron chi connectivity index (χ3n) is 6.20. The molecule has 0 radical (unpaired) electrons. The molecule has 4 rings (SSSR count). The minimum Gasteiger partial charge on any atom is -0.457 e. The van der Waals surface area contributed by atoms with Crippen LogP contribution in [0.3, 0.4) is 0 Å². The first-order valence-electron chi connectivity index (χ1n) is 12.9. The van der Waals surface area contributed by atoms with Gasteiger partial charge in [0.2, 0.25) is 0 Å². The highest BCUT2D eigenvalue weighted by Gasteiger charge is 2.42. The van der Waals surface area contributed by atoms with Gasteiger partial charge in [-0.05, 0) is 56.5 Å². The van der Waals surface area contributed by atoms with Crippen LogP contribution in [0.2, 0.25) is 0 Å². The van der Waals surface area contributed by atoms with Gasteiger partial charge in [0.25, 0.3) is 0 Å². The van der Waals surface area contributed by atoms with Crippen molar-refractivity contribution >= 4 is 18.2 Å². The van der Waals surface area contributed by atoms with Crippen molar-refractivity contribution in [2.24, 2.45) is 0 Å². The number of para-hydroxylation sites is 1. The van der Waals surface area contributed by atoms with Crippen LogP contribution in [-0.2, 0) is 38.4 Å². The van der Waals surface area contributed by atoms with Crippen LogP contribution in [0, 0.1) is 0 Å². The number of amides is 1. The number of benzene rings is 3. The molecule has 0 heterocycles. The number of hydrogen-bond acceptors (Lipinski definition) is 8. The average molecular weight is 548 g/mol. The molecular weight excluding hydrogens is 514 g/mol. The third-order valence-corrected chi connectivity index (χ3v) is 6.20. The van der Waals surface area contributed by atoms with E-state index in [2.05, 4.69) is 5.32 Å². The average Bonchev–Trinajstić information content (AvgIpc) is 2.91. The van der Waals surface area contributed by atoms with Gasteiger partial charge in [0.1, 0.15) is 29.3 Å². The van der Waals surface area contributed by atoms with Crippen LogP contribution in [0.25, 0.3) is 0 Å². The van der Waals surface area contributed by atoms with E-state index in [0.717, 1.165) is 11.1 Å². The van der Waals surface area contributed by atoms with Crippen molar-refractivity contribution in [3.05, 3.63) is 95.1 Å². The summed E-state index contributed by atoms with van der Waals surface area (Å²) in [5.41, 5.74) is 0.603. The van der Waals surface area contributed by atoms with Crippen LogP contribution in [0.4, 0.5) is 9.59 Å². The van der Waals surface area contributed by atoms with Gasteiger partial charge in [-0.15, -0.1) is 0 Å². The molecule has 40 heavy (non-hydrogen) atoms. The maximum atomic E-state index is 13.0. The number of esters is 1. The van der Waals surface area contributed by atoms with E-state index >= 15 is 0 Å². The zero-order valence-electron chi connectivity index (χ0n) is 23.0. The van der Waals surface area contributed by atoms with E-state index < -0.39 is 29.5 Å². The summed E-state index contributed by atoms with van der Waals surface area (Å²) >= 11 is 0. The van der Waals surface area contributed by atoms with Crippen LogP contribution in [0.5, 0.6) is 11.5 Å². The fourth-order valence-electron chi connectivity index (χ4n) is 4.41. The molecule has 0 saturated carbocycles. The lowest BCUT2D eigenvalue weighted by atomic mass is 9.85. The van der Waals surface area contributed by atoms with Crippen LogP contribution in [0.15, 0.2) is 72.8 Å². The van der Waals surface area contributed by atoms with E-state index in [1.807, 2.05) is 42.5 Å². The predicted octanol–water partition coefficient (Wildman–Crippen LogP) is 6.33. The maximum Gasteiger partial charge on any atom is 0.510 e. The molecule has 3 aromatic rings. The van der Waals surface area contributed by atoms with Crippen LogP contribution >= 0.6 is 0 Å². The number of methoxy groups -OCH3 is 1. The van der Waals surface area contributed by atoms with Gasteiger partial charge >= 0.3 is 18.2 Å². The quantitative estimate of drug-likeness (QED) is 0.208. The molecular formula is C31H33NO8.